The van der Waals surface area contributed by atoms with Crippen LogP contribution in [0, 0.1) is 0 Å². The van der Waals surface area contributed by atoms with E-state index in [1.807, 2.05) is 0 Å². The van der Waals surface area contributed by atoms with Crippen LogP contribution in [0.1, 0.15) is 0 Å². The molecule has 1 nitrogen and oxygen atoms in total. The van der Waals surface area contributed by atoms with Crippen molar-refractivity contribution in [3.8, 4) is 0 Å². The highest BCUT2D eigenvalue weighted by molar-refractivity contribution is 6.44. The molecule has 7 heavy (non-hydrogen) atoms. The van der Waals surface area contributed by atoms with Crippen molar-refractivity contribution in [3.05, 3.63) is 12.8 Å². The van der Waals surface area contributed by atoms with Gasteiger partial charge in [0.05, 0.1) is 6.26 Å². The zero-order chi connectivity index (χ0) is 5.70. The fourth-order valence-corrected chi connectivity index (χ4v) is 0.286. The summed E-state index contributed by atoms with van der Waals surface area (Å²) in [4.78, 5) is -0.446. The summed E-state index contributed by atoms with van der Waals surface area (Å²) in [6, 6.07) is 0. The van der Waals surface area contributed by atoms with Gasteiger partial charge in [-0.25, -0.2) is 0 Å². The van der Waals surface area contributed by atoms with Gasteiger partial charge < -0.3 is 4.74 Å². The maximum Gasteiger partial charge on any atom is 0.141 e. The third-order valence-electron chi connectivity index (χ3n) is 0.340. The van der Waals surface area contributed by atoms with Crippen molar-refractivity contribution in [2.75, 3.05) is 6.61 Å². The molecule has 0 aromatic heterocycles. The molecule has 0 saturated heterocycles. The first kappa shape index (κ1) is 7.12. The van der Waals surface area contributed by atoms with Crippen molar-refractivity contribution in [1.29, 1.82) is 0 Å². The Bertz CT molecular complexity index is 53.7. The average Bonchev–Trinajstić information content (AvgIpc) is 1.61. The average molecular weight is 141 g/mol. The summed E-state index contributed by atoms with van der Waals surface area (Å²) in [5.74, 6) is 0. The Labute approximate surface area is 52.9 Å². The lowest BCUT2D eigenvalue weighted by Gasteiger charge is -1.96. The number of ether oxygens (including phenoxy) is 1. The van der Waals surface area contributed by atoms with Crippen LogP contribution >= 0.6 is 23.2 Å². The van der Waals surface area contributed by atoms with Gasteiger partial charge in [0.15, 0.2) is 0 Å². The van der Waals surface area contributed by atoms with E-state index in [2.05, 4.69) is 11.3 Å². The molecule has 0 aliphatic rings. The molecule has 0 heterocycles. The standard InChI is InChI=1S/C4H6Cl2O/c1-2-7-3-4(5)6/h2,4H,1,3H2. The summed E-state index contributed by atoms with van der Waals surface area (Å²) in [6.07, 6.45) is 1.30. The Morgan fingerprint density at radius 2 is 2.29 bits per heavy atom. The SMILES string of the molecule is C=COCC(Cl)Cl. The fraction of sp³-hybridized carbons (Fsp3) is 0.500. The lowest BCUT2D eigenvalue weighted by atomic mass is 10.8. The Balaban J connectivity index is 2.81. The molecule has 0 aromatic rings. The summed E-state index contributed by atoms with van der Waals surface area (Å²) in [6.45, 7) is 3.61. The molecule has 3 heteroatoms. The van der Waals surface area contributed by atoms with Gasteiger partial charge in [0.2, 0.25) is 0 Å². The summed E-state index contributed by atoms with van der Waals surface area (Å²) >= 11 is 10.5. The molecule has 0 spiro atoms. The quantitative estimate of drug-likeness (QED) is 0.431. The van der Waals surface area contributed by atoms with Crippen LogP contribution in [0.25, 0.3) is 0 Å². The largest absolute Gasteiger partial charge is 0.499 e. The van der Waals surface area contributed by atoms with E-state index in [4.69, 9.17) is 23.2 Å². The van der Waals surface area contributed by atoms with Gasteiger partial charge in [0.25, 0.3) is 0 Å². The normalized spacial score (nSPS) is 9.00. The van der Waals surface area contributed by atoms with E-state index >= 15 is 0 Å². The summed E-state index contributed by atoms with van der Waals surface area (Å²) < 4.78 is 4.59. The number of halogens is 2. The van der Waals surface area contributed by atoms with Gasteiger partial charge in [-0.1, -0.05) is 6.58 Å². The maximum atomic E-state index is 5.25. The second-order valence-corrected chi connectivity index (χ2v) is 2.17. The fourth-order valence-electron chi connectivity index (χ4n) is 0.141. The second kappa shape index (κ2) is 4.28. The molecule has 0 radical (unpaired) electrons. The summed E-state index contributed by atoms with van der Waals surface area (Å²) in [5.41, 5.74) is 0. The van der Waals surface area contributed by atoms with E-state index in [0.29, 0.717) is 6.61 Å². The number of alkyl halides is 2. The zero-order valence-electron chi connectivity index (χ0n) is 3.73. The van der Waals surface area contributed by atoms with Crippen molar-refractivity contribution < 1.29 is 4.74 Å². The molecule has 0 aliphatic carbocycles. The molecule has 0 rings (SSSR count). The predicted molar refractivity (Wildman–Crippen MR) is 31.6 cm³/mol. The van der Waals surface area contributed by atoms with Crippen LogP contribution in [-0.2, 0) is 4.74 Å². The minimum absolute atomic E-state index is 0.312. The highest BCUT2D eigenvalue weighted by Gasteiger charge is 1.93. The molecule has 0 atom stereocenters. The number of hydrogen-bond donors (Lipinski definition) is 0. The first-order valence-electron chi connectivity index (χ1n) is 1.78. The highest BCUT2D eigenvalue weighted by Crippen LogP contribution is 2.00. The molecule has 0 bridgehead atoms. The minimum atomic E-state index is -0.446. The molecular weight excluding hydrogens is 135 g/mol. The first-order valence-corrected chi connectivity index (χ1v) is 2.65. The van der Waals surface area contributed by atoms with Gasteiger partial charge in [0, 0.05) is 0 Å². The van der Waals surface area contributed by atoms with Crippen molar-refractivity contribution in [2.24, 2.45) is 0 Å². The van der Waals surface area contributed by atoms with Crippen LogP contribution in [-0.4, -0.2) is 11.4 Å². The number of hydrogen-bond acceptors (Lipinski definition) is 1. The molecule has 42 valence electrons. The zero-order valence-corrected chi connectivity index (χ0v) is 5.24. The highest BCUT2D eigenvalue weighted by atomic mass is 35.5. The third kappa shape index (κ3) is 6.12. The van der Waals surface area contributed by atoms with Gasteiger partial charge in [-0.3, -0.25) is 0 Å². The van der Waals surface area contributed by atoms with Gasteiger partial charge >= 0.3 is 0 Å². The molecular formula is C4H6Cl2O. The van der Waals surface area contributed by atoms with Gasteiger partial charge in [-0.15, -0.1) is 23.2 Å². The molecule has 0 N–H and O–H groups in total. The monoisotopic (exact) mass is 140 g/mol. The van der Waals surface area contributed by atoms with E-state index < -0.39 is 4.84 Å². The smallest absolute Gasteiger partial charge is 0.141 e. The van der Waals surface area contributed by atoms with E-state index in [1.54, 1.807) is 0 Å². The minimum Gasteiger partial charge on any atom is -0.499 e. The molecule has 0 fully saturated rings. The topological polar surface area (TPSA) is 9.23 Å². The molecule has 0 aromatic carbocycles. The summed E-state index contributed by atoms with van der Waals surface area (Å²) in [5, 5.41) is 0. The van der Waals surface area contributed by atoms with Crippen LogP contribution in [0.3, 0.4) is 0 Å². The second-order valence-electron chi connectivity index (χ2n) is 0.891. The van der Waals surface area contributed by atoms with Crippen LogP contribution < -0.4 is 0 Å². The van der Waals surface area contributed by atoms with Gasteiger partial charge in [0.1, 0.15) is 11.4 Å². The first-order chi connectivity index (χ1) is 3.27. The van der Waals surface area contributed by atoms with Crippen LogP contribution in [0.15, 0.2) is 12.8 Å². The van der Waals surface area contributed by atoms with Gasteiger partial charge in [-0.05, 0) is 0 Å². The van der Waals surface area contributed by atoms with E-state index in [0.717, 1.165) is 0 Å². The third-order valence-corrected chi connectivity index (χ3v) is 0.592. The Morgan fingerprint density at radius 1 is 1.71 bits per heavy atom. The lowest BCUT2D eigenvalue weighted by molar-refractivity contribution is 0.266. The predicted octanol–water partition coefficient (Wildman–Crippen LogP) is 1.95. The van der Waals surface area contributed by atoms with Gasteiger partial charge in [-0.2, -0.15) is 0 Å². The molecule has 0 unspecified atom stereocenters. The van der Waals surface area contributed by atoms with Crippen LogP contribution in [0.4, 0.5) is 0 Å². The van der Waals surface area contributed by atoms with E-state index in [1.165, 1.54) is 6.26 Å². The van der Waals surface area contributed by atoms with Crippen molar-refractivity contribution in [1.82, 2.24) is 0 Å². The van der Waals surface area contributed by atoms with Crippen LogP contribution in [0.2, 0.25) is 0 Å². The Morgan fingerprint density at radius 3 is 2.43 bits per heavy atom. The lowest BCUT2D eigenvalue weighted by Crippen LogP contribution is -1.95. The van der Waals surface area contributed by atoms with E-state index in [-0.39, 0.29) is 0 Å². The maximum absolute atomic E-state index is 5.25. The molecule has 0 aliphatic heterocycles. The Hall–Kier alpha value is 0.120. The molecule has 0 amide bonds. The van der Waals surface area contributed by atoms with E-state index in [9.17, 15) is 0 Å². The van der Waals surface area contributed by atoms with Crippen LogP contribution in [0.5, 0.6) is 0 Å². The number of rotatable bonds is 3. The Kier molecular flexibility index (Phi) is 4.36. The summed E-state index contributed by atoms with van der Waals surface area (Å²) in [7, 11) is 0. The molecule has 0 saturated carbocycles. The van der Waals surface area contributed by atoms with Crippen molar-refractivity contribution in [2.45, 2.75) is 4.84 Å². The van der Waals surface area contributed by atoms with Crippen molar-refractivity contribution in [3.63, 3.8) is 0 Å². The van der Waals surface area contributed by atoms with Crippen molar-refractivity contribution >= 4 is 23.2 Å².